The number of thiophene rings is 1. The molecule has 1 fully saturated rings. The Balaban J connectivity index is 2.09. The molecule has 0 aliphatic heterocycles. The Kier molecular flexibility index (Phi) is 7.64. The number of hydrogen-bond acceptors (Lipinski definition) is 6. The van der Waals surface area contributed by atoms with Gasteiger partial charge in [-0.1, -0.05) is 19.3 Å². The minimum Gasteiger partial charge on any atom is -0.610 e. The molecular weight excluding hydrogens is 426 g/mol. The highest BCUT2D eigenvalue weighted by atomic mass is 32.3. The van der Waals surface area contributed by atoms with Gasteiger partial charge in [-0.3, -0.25) is 0 Å². The molecule has 0 saturated heterocycles. The summed E-state index contributed by atoms with van der Waals surface area (Å²) in [6.45, 7) is 5.38. The summed E-state index contributed by atoms with van der Waals surface area (Å²) in [5.74, 6) is 1.02. The number of rotatable bonds is 8. The van der Waals surface area contributed by atoms with E-state index < -0.39 is 21.4 Å². The van der Waals surface area contributed by atoms with E-state index in [2.05, 4.69) is 0 Å². The molecule has 3 rings (SSSR count). The smallest absolute Gasteiger partial charge is 0.350 e. The number of thioether (sulfide) groups is 1. The molecular formula is C21H29NO4S3. The Morgan fingerprint density at radius 2 is 1.97 bits per heavy atom. The predicted octanol–water partition coefficient (Wildman–Crippen LogP) is 5.79. The number of nitrogens with zero attached hydrogens (tertiary/aromatic N) is 1. The maximum Gasteiger partial charge on any atom is 0.350 e. The third-order valence-electron chi connectivity index (χ3n) is 5.21. The third-order valence-corrected chi connectivity index (χ3v) is 10.3. The molecule has 0 aromatic carbocycles. The highest BCUT2D eigenvalue weighted by Crippen LogP contribution is 2.46. The number of aromatic nitrogens is 1. The first-order chi connectivity index (χ1) is 13.9. The summed E-state index contributed by atoms with van der Waals surface area (Å²) in [7, 11) is -3.58. The van der Waals surface area contributed by atoms with Crippen LogP contribution in [0.15, 0.2) is 33.6 Å². The largest absolute Gasteiger partial charge is 0.610 e. The summed E-state index contributed by atoms with van der Waals surface area (Å²) >= 11 is 2.84. The topological polar surface area (TPSA) is 71.4 Å². The molecule has 160 valence electrons. The van der Waals surface area contributed by atoms with E-state index in [1.165, 1.54) is 43.4 Å². The van der Waals surface area contributed by atoms with Gasteiger partial charge in [0, 0.05) is 18.1 Å². The van der Waals surface area contributed by atoms with Gasteiger partial charge in [0.25, 0.3) is 0 Å². The van der Waals surface area contributed by atoms with Crippen molar-refractivity contribution in [2.45, 2.75) is 67.2 Å². The van der Waals surface area contributed by atoms with Crippen molar-refractivity contribution in [1.29, 1.82) is 0 Å². The minimum absolute atomic E-state index is 0.249. The summed E-state index contributed by atoms with van der Waals surface area (Å²) in [5.41, 5.74) is 0.429. The Hall–Kier alpha value is -1.09. The maximum atomic E-state index is 13.3. The van der Waals surface area contributed by atoms with Gasteiger partial charge in [0.05, 0.1) is 16.8 Å². The normalized spacial score (nSPS) is 17.4. The molecule has 2 aromatic heterocycles. The SMILES string of the molecule is CCOC(=O)c1sc(SCC2CCCCC2)c([S+](=O)([O-])C(C)C)c1-n1cccc1. The number of carbonyl (C=O) groups is 1. The lowest BCUT2D eigenvalue weighted by atomic mass is 9.91. The van der Waals surface area contributed by atoms with Crippen LogP contribution >= 0.6 is 23.1 Å². The molecule has 0 spiro atoms. The summed E-state index contributed by atoms with van der Waals surface area (Å²) < 4.78 is 34.4. The number of sulfone groups is 1. The van der Waals surface area contributed by atoms with Crippen LogP contribution < -0.4 is 0 Å². The molecule has 2 aromatic rings. The highest BCUT2D eigenvalue weighted by Gasteiger charge is 2.38. The molecule has 1 aliphatic rings. The summed E-state index contributed by atoms with van der Waals surface area (Å²) in [5, 5.41) is -0.574. The predicted molar refractivity (Wildman–Crippen MR) is 119 cm³/mol. The fraction of sp³-hybridized carbons (Fsp3) is 0.571. The molecule has 0 amide bonds. The highest BCUT2D eigenvalue weighted by molar-refractivity contribution is 8.03. The Morgan fingerprint density at radius 3 is 2.55 bits per heavy atom. The third kappa shape index (κ3) is 4.98. The minimum atomic E-state index is -3.58. The van der Waals surface area contributed by atoms with Crippen molar-refractivity contribution in [3.8, 4) is 5.69 Å². The van der Waals surface area contributed by atoms with Crippen molar-refractivity contribution in [3.63, 3.8) is 0 Å². The van der Waals surface area contributed by atoms with Crippen LogP contribution in [0.4, 0.5) is 0 Å². The fourth-order valence-corrected chi connectivity index (χ4v) is 8.27. The molecule has 1 unspecified atom stereocenters. The van der Waals surface area contributed by atoms with Crippen LogP contribution in [0.2, 0.25) is 0 Å². The summed E-state index contributed by atoms with van der Waals surface area (Å²) in [6, 6.07) is 3.65. The number of esters is 1. The molecule has 1 saturated carbocycles. The van der Waals surface area contributed by atoms with Gasteiger partial charge in [-0.25, -0.2) is 4.79 Å². The summed E-state index contributed by atoms with van der Waals surface area (Å²) in [6.07, 6.45) is 9.72. The Morgan fingerprint density at radius 1 is 1.31 bits per heavy atom. The quantitative estimate of drug-likeness (QED) is 0.286. The number of ether oxygens (including phenoxy) is 1. The van der Waals surface area contributed by atoms with Crippen molar-refractivity contribution in [1.82, 2.24) is 4.57 Å². The lowest BCUT2D eigenvalue weighted by Gasteiger charge is -2.22. The zero-order valence-corrected chi connectivity index (χ0v) is 19.7. The molecule has 5 nitrogen and oxygen atoms in total. The van der Waals surface area contributed by atoms with E-state index in [4.69, 9.17) is 4.74 Å². The molecule has 0 bridgehead atoms. The van der Waals surface area contributed by atoms with E-state index in [-0.39, 0.29) is 11.5 Å². The van der Waals surface area contributed by atoms with Gasteiger partial charge >= 0.3 is 5.97 Å². The molecule has 8 heteroatoms. The Labute approximate surface area is 182 Å². The van der Waals surface area contributed by atoms with Crippen LogP contribution in [0.1, 0.15) is 62.5 Å². The maximum absolute atomic E-state index is 13.3. The first kappa shape index (κ1) is 22.6. The van der Waals surface area contributed by atoms with E-state index in [0.717, 1.165) is 5.75 Å². The van der Waals surface area contributed by atoms with Gasteiger partial charge in [-0.05, 0) is 51.7 Å². The van der Waals surface area contributed by atoms with Gasteiger partial charge in [0.2, 0.25) is 4.90 Å². The van der Waals surface area contributed by atoms with Crippen molar-refractivity contribution in [2.24, 2.45) is 5.92 Å². The summed E-state index contributed by atoms with van der Waals surface area (Å²) in [4.78, 5) is 13.3. The van der Waals surface area contributed by atoms with Gasteiger partial charge < -0.3 is 13.9 Å². The van der Waals surface area contributed by atoms with Crippen molar-refractivity contribution in [3.05, 3.63) is 29.4 Å². The second-order valence-corrected chi connectivity index (χ2v) is 12.4. The van der Waals surface area contributed by atoms with E-state index in [9.17, 15) is 13.6 Å². The molecule has 2 heterocycles. The van der Waals surface area contributed by atoms with Crippen molar-refractivity contribution >= 4 is 39.3 Å². The van der Waals surface area contributed by atoms with Gasteiger partial charge in [-0.2, -0.15) is 0 Å². The van der Waals surface area contributed by atoms with Crippen molar-refractivity contribution < 1.29 is 18.3 Å². The van der Waals surface area contributed by atoms with Gasteiger partial charge in [0.15, 0.2) is 0 Å². The van der Waals surface area contributed by atoms with E-state index in [1.54, 1.807) is 49.5 Å². The van der Waals surface area contributed by atoms with Crippen LogP contribution in [0.25, 0.3) is 5.69 Å². The zero-order valence-electron chi connectivity index (χ0n) is 17.2. The first-order valence-corrected chi connectivity index (χ1v) is 13.5. The zero-order chi connectivity index (χ0) is 21.0. The van der Waals surface area contributed by atoms with Crippen LogP contribution in [-0.2, 0) is 19.2 Å². The van der Waals surface area contributed by atoms with Crippen LogP contribution in [0.5, 0.6) is 0 Å². The monoisotopic (exact) mass is 455 g/mol. The molecule has 0 N–H and O–H groups in total. The van der Waals surface area contributed by atoms with E-state index >= 15 is 0 Å². The molecule has 29 heavy (non-hydrogen) atoms. The lowest BCUT2D eigenvalue weighted by molar-refractivity contribution is 0.0532. The van der Waals surface area contributed by atoms with Crippen molar-refractivity contribution in [2.75, 3.05) is 12.4 Å². The Bertz CT molecular complexity index is 867. The second-order valence-electron chi connectivity index (χ2n) is 7.62. The van der Waals surface area contributed by atoms with Crippen LogP contribution in [0, 0.1) is 5.92 Å². The molecule has 1 atom stereocenters. The lowest BCUT2D eigenvalue weighted by Crippen LogP contribution is -2.24. The standard InChI is InChI=1S/C21H29NO4S3/c1-4-26-20(23)18-17(22-12-8-9-13-22)19(29(24,25)15(2)3)21(28-18)27-14-16-10-6-5-7-11-16/h8-9,12-13,15-16H,4-7,10-11,14H2,1-3H3. The van der Waals surface area contributed by atoms with Gasteiger partial charge in [-0.15, -0.1) is 27.3 Å². The van der Waals surface area contributed by atoms with Gasteiger partial charge in [0.1, 0.15) is 20.0 Å². The van der Waals surface area contributed by atoms with E-state index in [1.807, 2.05) is 12.1 Å². The molecule has 0 radical (unpaired) electrons. The van der Waals surface area contributed by atoms with Crippen LogP contribution in [0.3, 0.4) is 0 Å². The average molecular weight is 456 g/mol. The average Bonchev–Trinajstić information content (AvgIpc) is 3.35. The molecule has 1 aliphatic carbocycles. The number of hydrogen-bond donors (Lipinski definition) is 0. The second kappa shape index (κ2) is 9.81. The number of carbonyl (C=O) groups excluding carboxylic acids is 1. The fourth-order valence-electron chi connectivity index (χ4n) is 3.57. The van der Waals surface area contributed by atoms with Crippen LogP contribution in [-0.4, -0.2) is 32.7 Å². The first-order valence-electron chi connectivity index (χ1n) is 10.2. The van der Waals surface area contributed by atoms with E-state index in [0.29, 0.717) is 20.7 Å².